The smallest absolute Gasteiger partial charge is 0.287 e. The van der Waals surface area contributed by atoms with Gasteiger partial charge in [0, 0.05) is 25.7 Å². The number of nitrogens with one attached hydrogen (secondary N) is 1. The minimum Gasteiger partial charge on any atom is -0.384 e. The van der Waals surface area contributed by atoms with Gasteiger partial charge in [0.05, 0.1) is 18.1 Å². The first kappa shape index (κ1) is 15.4. The molecule has 0 unspecified atom stereocenters. The van der Waals surface area contributed by atoms with Gasteiger partial charge in [0.2, 0.25) is 0 Å². The molecule has 2 rings (SSSR count). The number of halogens is 1. The van der Waals surface area contributed by atoms with Crippen LogP contribution in [0.2, 0.25) is 5.02 Å². The van der Waals surface area contributed by atoms with Gasteiger partial charge >= 0.3 is 0 Å². The van der Waals surface area contributed by atoms with Gasteiger partial charge in [0.25, 0.3) is 5.56 Å². The van der Waals surface area contributed by atoms with Crippen LogP contribution in [0.1, 0.15) is 25.3 Å². The topological polar surface area (TPSA) is 90.8 Å². The van der Waals surface area contributed by atoms with Crippen molar-refractivity contribution in [1.29, 1.82) is 0 Å². The number of hydrogen-bond donors (Lipinski definition) is 2. The molecule has 21 heavy (non-hydrogen) atoms. The van der Waals surface area contributed by atoms with E-state index >= 15 is 0 Å². The summed E-state index contributed by atoms with van der Waals surface area (Å²) in [6, 6.07) is 0. The molecule has 0 aliphatic heterocycles. The zero-order valence-electron chi connectivity index (χ0n) is 12.1. The molecular weight excluding hydrogens is 292 g/mol. The lowest BCUT2D eigenvalue weighted by atomic mass is 10.3. The van der Waals surface area contributed by atoms with Crippen molar-refractivity contribution in [3.8, 4) is 0 Å². The van der Waals surface area contributed by atoms with Crippen LogP contribution in [0.4, 0.5) is 11.5 Å². The van der Waals surface area contributed by atoms with Crippen molar-refractivity contribution in [3.63, 3.8) is 0 Å². The van der Waals surface area contributed by atoms with E-state index in [1.165, 1.54) is 4.68 Å². The number of nitrogens with zero attached hydrogens (tertiary/aromatic N) is 4. The van der Waals surface area contributed by atoms with Gasteiger partial charge in [-0.15, -0.1) is 0 Å². The molecule has 0 spiro atoms. The fourth-order valence-corrected chi connectivity index (χ4v) is 2.09. The Morgan fingerprint density at radius 1 is 1.38 bits per heavy atom. The van der Waals surface area contributed by atoms with E-state index in [4.69, 9.17) is 17.3 Å². The van der Waals surface area contributed by atoms with Gasteiger partial charge < -0.3 is 11.1 Å². The standard InChI is InChI=1S/C13H19ClN6O/c1-3-4-5-20-13(21)11(14)10(8-18-20)16-6-9-7-17-19(2)12(9)15/h7-8,16H,3-6,15H2,1-2H3. The summed E-state index contributed by atoms with van der Waals surface area (Å²) in [5, 5.41) is 11.4. The predicted octanol–water partition coefficient (Wildman–Crippen LogP) is 1.62. The van der Waals surface area contributed by atoms with Crippen molar-refractivity contribution in [2.75, 3.05) is 11.1 Å². The number of rotatable bonds is 6. The van der Waals surface area contributed by atoms with E-state index in [-0.39, 0.29) is 10.6 Å². The van der Waals surface area contributed by atoms with Crippen molar-refractivity contribution < 1.29 is 0 Å². The van der Waals surface area contributed by atoms with Crippen LogP contribution in [-0.2, 0) is 20.1 Å². The van der Waals surface area contributed by atoms with Crippen molar-refractivity contribution >= 4 is 23.1 Å². The van der Waals surface area contributed by atoms with Crippen LogP contribution < -0.4 is 16.6 Å². The highest BCUT2D eigenvalue weighted by Gasteiger charge is 2.10. The number of hydrogen-bond acceptors (Lipinski definition) is 5. The van der Waals surface area contributed by atoms with Gasteiger partial charge in [0.15, 0.2) is 0 Å². The summed E-state index contributed by atoms with van der Waals surface area (Å²) in [4.78, 5) is 12.1. The van der Waals surface area contributed by atoms with Crippen LogP contribution in [0.25, 0.3) is 0 Å². The van der Waals surface area contributed by atoms with E-state index in [1.807, 2.05) is 0 Å². The number of aromatic nitrogens is 4. The summed E-state index contributed by atoms with van der Waals surface area (Å²) in [6.07, 6.45) is 5.12. The molecule has 0 fully saturated rings. The first-order valence-corrected chi connectivity index (χ1v) is 7.18. The molecule has 7 nitrogen and oxygen atoms in total. The molecule has 0 aliphatic rings. The number of nitrogens with two attached hydrogens (primary N) is 1. The second kappa shape index (κ2) is 6.62. The van der Waals surface area contributed by atoms with E-state index in [0.29, 0.717) is 24.6 Å². The van der Waals surface area contributed by atoms with E-state index in [9.17, 15) is 4.79 Å². The second-order valence-electron chi connectivity index (χ2n) is 4.79. The number of unbranched alkanes of at least 4 members (excludes halogenated alkanes) is 1. The Balaban J connectivity index is 2.12. The Hall–Kier alpha value is -2.02. The molecule has 0 atom stereocenters. The molecule has 0 bridgehead atoms. The molecule has 0 radical (unpaired) electrons. The molecule has 2 aromatic heterocycles. The number of aryl methyl sites for hydroxylation is 2. The van der Waals surface area contributed by atoms with Crippen molar-refractivity contribution in [1.82, 2.24) is 19.6 Å². The maximum Gasteiger partial charge on any atom is 0.287 e. The van der Waals surface area contributed by atoms with Crippen LogP contribution in [0, 0.1) is 0 Å². The summed E-state index contributed by atoms with van der Waals surface area (Å²) >= 11 is 6.10. The lowest BCUT2D eigenvalue weighted by molar-refractivity contribution is 0.543. The minimum atomic E-state index is -0.283. The second-order valence-corrected chi connectivity index (χ2v) is 5.16. The Labute approximate surface area is 127 Å². The predicted molar refractivity (Wildman–Crippen MR) is 83.4 cm³/mol. The van der Waals surface area contributed by atoms with Crippen LogP contribution in [0.3, 0.4) is 0 Å². The van der Waals surface area contributed by atoms with Gasteiger partial charge in [0.1, 0.15) is 10.8 Å². The van der Waals surface area contributed by atoms with Gasteiger partial charge in [-0.05, 0) is 6.42 Å². The molecule has 2 aromatic rings. The highest BCUT2D eigenvalue weighted by Crippen LogP contribution is 2.18. The first-order chi connectivity index (χ1) is 10.0. The molecule has 3 N–H and O–H groups in total. The number of nitrogen functional groups attached to an aromatic ring is 1. The normalized spacial score (nSPS) is 10.8. The zero-order valence-corrected chi connectivity index (χ0v) is 12.9. The van der Waals surface area contributed by atoms with E-state index in [2.05, 4.69) is 22.4 Å². The third-order valence-electron chi connectivity index (χ3n) is 3.24. The largest absolute Gasteiger partial charge is 0.384 e. The van der Waals surface area contributed by atoms with Crippen LogP contribution in [0.5, 0.6) is 0 Å². The summed E-state index contributed by atoms with van der Waals surface area (Å²) in [5.41, 5.74) is 6.91. The summed E-state index contributed by atoms with van der Waals surface area (Å²) in [5.74, 6) is 0.572. The maximum atomic E-state index is 12.1. The zero-order chi connectivity index (χ0) is 15.4. The van der Waals surface area contributed by atoms with Crippen molar-refractivity contribution in [2.45, 2.75) is 32.9 Å². The van der Waals surface area contributed by atoms with Crippen LogP contribution in [-0.4, -0.2) is 19.6 Å². The molecule has 0 saturated heterocycles. The molecular formula is C13H19ClN6O. The van der Waals surface area contributed by atoms with Crippen molar-refractivity contribution in [2.24, 2.45) is 7.05 Å². The molecule has 8 heteroatoms. The summed E-state index contributed by atoms with van der Waals surface area (Å²) in [7, 11) is 1.77. The van der Waals surface area contributed by atoms with Gasteiger partial charge in [-0.2, -0.15) is 10.2 Å². The minimum absolute atomic E-state index is 0.142. The Morgan fingerprint density at radius 2 is 2.14 bits per heavy atom. The first-order valence-electron chi connectivity index (χ1n) is 6.80. The van der Waals surface area contributed by atoms with E-state index < -0.39 is 0 Å². The van der Waals surface area contributed by atoms with E-state index in [0.717, 1.165) is 18.4 Å². The fourth-order valence-electron chi connectivity index (χ4n) is 1.87. The Morgan fingerprint density at radius 3 is 2.76 bits per heavy atom. The van der Waals surface area contributed by atoms with Gasteiger partial charge in [-0.3, -0.25) is 9.48 Å². The molecule has 0 saturated carbocycles. The van der Waals surface area contributed by atoms with E-state index in [1.54, 1.807) is 24.1 Å². The molecule has 114 valence electrons. The maximum absolute atomic E-state index is 12.1. The third-order valence-corrected chi connectivity index (χ3v) is 3.61. The van der Waals surface area contributed by atoms with Gasteiger partial charge in [-0.1, -0.05) is 24.9 Å². The van der Waals surface area contributed by atoms with Crippen molar-refractivity contribution in [3.05, 3.63) is 33.3 Å². The molecule has 2 heterocycles. The SMILES string of the molecule is CCCCn1ncc(NCc2cnn(C)c2N)c(Cl)c1=O. The Kier molecular flexibility index (Phi) is 4.85. The van der Waals surface area contributed by atoms with Crippen LogP contribution >= 0.6 is 11.6 Å². The highest BCUT2D eigenvalue weighted by molar-refractivity contribution is 6.32. The summed E-state index contributed by atoms with van der Waals surface area (Å²) in [6.45, 7) is 3.06. The third kappa shape index (κ3) is 3.36. The lowest BCUT2D eigenvalue weighted by Crippen LogP contribution is -2.24. The monoisotopic (exact) mass is 310 g/mol. The van der Waals surface area contributed by atoms with Gasteiger partial charge in [-0.25, -0.2) is 4.68 Å². The number of anilines is 2. The molecule has 0 aromatic carbocycles. The Bertz CT molecular complexity index is 678. The average molecular weight is 311 g/mol. The lowest BCUT2D eigenvalue weighted by Gasteiger charge is -2.09. The fraction of sp³-hybridized carbons (Fsp3) is 0.462. The molecule has 0 aliphatic carbocycles. The quantitative estimate of drug-likeness (QED) is 0.846. The highest BCUT2D eigenvalue weighted by atomic mass is 35.5. The van der Waals surface area contributed by atoms with Crippen LogP contribution in [0.15, 0.2) is 17.2 Å². The average Bonchev–Trinajstić information content (AvgIpc) is 2.79. The molecule has 0 amide bonds. The summed E-state index contributed by atoms with van der Waals surface area (Å²) < 4.78 is 2.97.